The van der Waals surface area contributed by atoms with Crippen molar-refractivity contribution in [1.29, 1.82) is 0 Å². The molecule has 0 saturated heterocycles. The Bertz CT molecular complexity index is 502. The van der Waals surface area contributed by atoms with Gasteiger partial charge in [0.1, 0.15) is 5.82 Å². The number of benzene rings is 1. The molecule has 3 N–H and O–H groups in total. The van der Waals surface area contributed by atoms with Crippen LogP contribution in [0.3, 0.4) is 0 Å². The van der Waals surface area contributed by atoms with E-state index in [1.165, 1.54) is 31.0 Å². The molecule has 1 unspecified atom stereocenters. The molecule has 1 aromatic rings. The van der Waals surface area contributed by atoms with Gasteiger partial charge in [0.2, 0.25) is 5.91 Å². The van der Waals surface area contributed by atoms with Crippen LogP contribution in [-0.2, 0) is 4.79 Å². The molecular weight excluding hydrogens is 269 g/mol. The van der Waals surface area contributed by atoms with Crippen LogP contribution in [0.1, 0.15) is 33.1 Å². The maximum atomic E-state index is 13.7. The number of nitrogen functional groups attached to an aromatic ring is 1. The zero-order valence-electron chi connectivity index (χ0n) is 12.7. The van der Waals surface area contributed by atoms with Crippen LogP contribution in [0.15, 0.2) is 18.2 Å². The maximum Gasteiger partial charge on any atom is 0.241 e. The van der Waals surface area contributed by atoms with Gasteiger partial charge in [0.05, 0.1) is 11.7 Å². The molecule has 1 amide bonds. The van der Waals surface area contributed by atoms with Gasteiger partial charge >= 0.3 is 0 Å². The minimum atomic E-state index is -0.464. The van der Waals surface area contributed by atoms with Gasteiger partial charge in [0, 0.05) is 12.2 Å². The molecule has 1 aromatic carbocycles. The SMILES string of the molecule is CCCN(CC1CC1)C(C)C(=O)Nc1cc(N)ccc1F. The van der Waals surface area contributed by atoms with Gasteiger partial charge in [-0.25, -0.2) is 4.39 Å². The average Bonchev–Trinajstić information content (AvgIpc) is 3.25. The Hall–Kier alpha value is -1.62. The Labute approximate surface area is 125 Å². The Morgan fingerprint density at radius 3 is 2.86 bits per heavy atom. The summed E-state index contributed by atoms with van der Waals surface area (Å²) >= 11 is 0. The predicted molar refractivity (Wildman–Crippen MR) is 83.5 cm³/mol. The van der Waals surface area contributed by atoms with E-state index >= 15 is 0 Å². The highest BCUT2D eigenvalue weighted by Crippen LogP contribution is 2.30. The second-order valence-corrected chi connectivity index (χ2v) is 5.84. The normalized spacial score (nSPS) is 16.0. The fourth-order valence-electron chi connectivity index (χ4n) is 2.40. The summed E-state index contributed by atoms with van der Waals surface area (Å²) in [7, 11) is 0. The van der Waals surface area contributed by atoms with Crippen LogP contribution >= 0.6 is 0 Å². The van der Waals surface area contributed by atoms with Crippen LogP contribution in [0.4, 0.5) is 15.8 Å². The number of nitrogens with one attached hydrogen (secondary N) is 1. The van der Waals surface area contributed by atoms with E-state index in [0.717, 1.165) is 25.4 Å². The summed E-state index contributed by atoms with van der Waals surface area (Å²) in [6, 6.07) is 3.92. The highest BCUT2D eigenvalue weighted by molar-refractivity contribution is 5.95. The van der Waals surface area contributed by atoms with E-state index in [9.17, 15) is 9.18 Å². The molecule has 0 bridgehead atoms. The highest BCUT2D eigenvalue weighted by atomic mass is 19.1. The first kappa shape index (κ1) is 15.8. The van der Waals surface area contributed by atoms with E-state index in [2.05, 4.69) is 17.1 Å². The number of nitrogens with two attached hydrogens (primary N) is 1. The van der Waals surface area contributed by atoms with Crippen LogP contribution in [0.25, 0.3) is 0 Å². The lowest BCUT2D eigenvalue weighted by Crippen LogP contribution is -2.43. The molecule has 1 aliphatic rings. The lowest BCUT2D eigenvalue weighted by molar-refractivity contribution is -0.120. The number of anilines is 2. The molecule has 2 rings (SSSR count). The fraction of sp³-hybridized carbons (Fsp3) is 0.562. The molecule has 116 valence electrons. The molecule has 0 aromatic heterocycles. The number of hydrogen-bond donors (Lipinski definition) is 2. The van der Waals surface area contributed by atoms with E-state index in [1.807, 2.05) is 6.92 Å². The molecule has 0 heterocycles. The van der Waals surface area contributed by atoms with Crippen molar-refractivity contribution < 1.29 is 9.18 Å². The number of rotatable bonds is 7. The van der Waals surface area contributed by atoms with E-state index < -0.39 is 5.82 Å². The zero-order valence-corrected chi connectivity index (χ0v) is 12.7. The summed E-state index contributed by atoms with van der Waals surface area (Å²) in [5.74, 6) is 0.0680. The minimum Gasteiger partial charge on any atom is -0.399 e. The number of hydrogen-bond acceptors (Lipinski definition) is 3. The van der Waals surface area contributed by atoms with Gasteiger partial charge < -0.3 is 11.1 Å². The van der Waals surface area contributed by atoms with Crippen molar-refractivity contribution in [1.82, 2.24) is 4.90 Å². The topological polar surface area (TPSA) is 58.4 Å². The second kappa shape index (κ2) is 6.89. The zero-order chi connectivity index (χ0) is 15.4. The Kier molecular flexibility index (Phi) is 5.17. The summed E-state index contributed by atoms with van der Waals surface area (Å²) in [4.78, 5) is 14.5. The number of amides is 1. The van der Waals surface area contributed by atoms with Crippen LogP contribution in [-0.4, -0.2) is 29.9 Å². The summed E-state index contributed by atoms with van der Waals surface area (Å²) in [5, 5.41) is 2.65. The molecule has 5 heteroatoms. The Balaban J connectivity index is 2.00. The Morgan fingerprint density at radius 1 is 1.52 bits per heavy atom. The smallest absolute Gasteiger partial charge is 0.241 e. The van der Waals surface area contributed by atoms with Crippen molar-refractivity contribution in [3.63, 3.8) is 0 Å². The van der Waals surface area contributed by atoms with Crippen LogP contribution in [0.2, 0.25) is 0 Å². The summed E-state index contributed by atoms with van der Waals surface area (Å²) in [5.41, 5.74) is 6.21. The van der Waals surface area contributed by atoms with Gasteiger partial charge in [-0.15, -0.1) is 0 Å². The van der Waals surface area contributed by atoms with Gasteiger partial charge in [-0.1, -0.05) is 6.92 Å². The first-order chi connectivity index (χ1) is 10.0. The van der Waals surface area contributed by atoms with E-state index in [4.69, 9.17) is 5.73 Å². The first-order valence-corrected chi connectivity index (χ1v) is 7.61. The molecule has 1 atom stereocenters. The average molecular weight is 293 g/mol. The summed E-state index contributed by atoms with van der Waals surface area (Å²) < 4.78 is 13.7. The minimum absolute atomic E-state index is 0.148. The number of nitrogens with zero attached hydrogens (tertiary/aromatic N) is 1. The van der Waals surface area contributed by atoms with Crippen molar-refractivity contribution in [2.75, 3.05) is 24.1 Å². The number of carbonyl (C=O) groups excluding carboxylic acids is 1. The fourth-order valence-corrected chi connectivity index (χ4v) is 2.40. The van der Waals surface area contributed by atoms with Crippen LogP contribution in [0.5, 0.6) is 0 Å². The lowest BCUT2D eigenvalue weighted by Gasteiger charge is -2.28. The molecule has 21 heavy (non-hydrogen) atoms. The third-order valence-corrected chi connectivity index (χ3v) is 3.88. The van der Waals surface area contributed by atoms with Crippen molar-refractivity contribution in [3.05, 3.63) is 24.0 Å². The summed E-state index contributed by atoms with van der Waals surface area (Å²) in [6.45, 7) is 5.80. The summed E-state index contributed by atoms with van der Waals surface area (Å²) in [6.07, 6.45) is 3.49. The number of carbonyl (C=O) groups is 1. The maximum absolute atomic E-state index is 13.7. The van der Waals surface area contributed by atoms with E-state index in [1.54, 1.807) is 0 Å². The first-order valence-electron chi connectivity index (χ1n) is 7.61. The van der Waals surface area contributed by atoms with E-state index in [0.29, 0.717) is 5.69 Å². The lowest BCUT2D eigenvalue weighted by atomic mass is 10.2. The molecular formula is C16H24FN3O. The quantitative estimate of drug-likeness (QED) is 0.760. The molecule has 1 aliphatic carbocycles. The largest absolute Gasteiger partial charge is 0.399 e. The third kappa shape index (κ3) is 4.43. The highest BCUT2D eigenvalue weighted by Gasteiger charge is 2.29. The van der Waals surface area contributed by atoms with Crippen molar-refractivity contribution in [2.24, 2.45) is 5.92 Å². The van der Waals surface area contributed by atoms with Crippen LogP contribution in [0, 0.1) is 11.7 Å². The van der Waals surface area contributed by atoms with Crippen molar-refractivity contribution >= 4 is 17.3 Å². The standard InChI is InChI=1S/C16H24FN3O/c1-3-8-20(10-12-4-5-12)11(2)16(21)19-15-9-13(18)6-7-14(15)17/h6-7,9,11-12H,3-5,8,10,18H2,1-2H3,(H,19,21). The molecule has 0 spiro atoms. The monoisotopic (exact) mass is 293 g/mol. The van der Waals surface area contributed by atoms with Gasteiger partial charge in [-0.05, 0) is 56.8 Å². The van der Waals surface area contributed by atoms with Crippen molar-refractivity contribution in [2.45, 2.75) is 39.2 Å². The van der Waals surface area contributed by atoms with Crippen molar-refractivity contribution in [3.8, 4) is 0 Å². The predicted octanol–water partition coefficient (Wildman–Crippen LogP) is 2.86. The van der Waals surface area contributed by atoms with E-state index in [-0.39, 0.29) is 17.6 Å². The molecule has 0 aliphatic heterocycles. The van der Waals surface area contributed by atoms with Gasteiger partial charge in [0.15, 0.2) is 0 Å². The second-order valence-electron chi connectivity index (χ2n) is 5.84. The van der Waals surface area contributed by atoms with Gasteiger partial charge in [-0.2, -0.15) is 0 Å². The third-order valence-electron chi connectivity index (χ3n) is 3.88. The number of halogens is 1. The molecule has 0 radical (unpaired) electrons. The Morgan fingerprint density at radius 2 is 2.24 bits per heavy atom. The molecule has 1 saturated carbocycles. The van der Waals surface area contributed by atoms with Crippen LogP contribution < -0.4 is 11.1 Å². The van der Waals surface area contributed by atoms with Gasteiger partial charge in [-0.3, -0.25) is 9.69 Å². The van der Waals surface area contributed by atoms with Gasteiger partial charge in [0.25, 0.3) is 0 Å². The molecule has 1 fully saturated rings. The molecule has 4 nitrogen and oxygen atoms in total.